The standard InChI is InChI=1S/C24H31N3O2/c1-2-13-26-15-21-16-27(18-24(21,17-26)11-10-23(28)29)14-19-6-8-20(9-7-19)22-5-3-4-12-25-22/h3-9,12,21H,2,10-11,13-18H2,1H3,(H,28,29). The van der Waals surface area contributed by atoms with Crippen LogP contribution < -0.4 is 0 Å². The van der Waals surface area contributed by atoms with Crippen LogP contribution in [0.25, 0.3) is 11.3 Å². The third-order valence-corrected chi connectivity index (χ3v) is 6.60. The third kappa shape index (κ3) is 4.51. The Labute approximate surface area is 173 Å². The van der Waals surface area contributed by atoms with Crippen molar-refractivity contribution in [2.75, 3.05) is 32.7 Å². The van der Waals surface area contributed by atoms with Gasteiger partial charge in [0.25, 0.3) is 0 Å². The number of benzene rings is 1. The van der Waals surface area contributed by atoms with Crippen LogP contribution in [0.2, 0.25) is 0 Å². The molecule has 1 aromatic heterocycles. The highest BCUT2D eigenvalue weighted by Gasteiger charge is 2.51. The highest BCUT2D eigenvalue weighted by atomic mass is 16.4. The highest BCUT2D eigenvalue weighted by molar-refractivity contribution is 5.66. The molecule has 2 atom stereocenters. The number of carboxylic acids is 1. The number of aromatic nitrogens is 1. The summed E-state index contributed by atoms with van der Waals surface area (Å²) in [6.45, 7) is 8.52. The maximum atomic E-state index is 11.2. The van der Waals surface area contributed by atoms with E-state index in [4.69, 9.17) is 0 Å². The topological polar surface area (TPSA) is 56.7 Å². The minimum Gasteiger partial charge on any atom is -0.481 e. The Morgan fingerprint density at radius 3 is 2.59 bits per heavy atom. The van der Waals surface area contributed by atoms with Gasteiger partial charge in [0, 0.05) is 56.3 Å². The lowest BCUT2D eigenvalue weighted by molar-refractivity contribution is -0.137. The Morgan fingerprint density at radius 1 is 1.14 bits per heavy atom. The van der Waals surface area contributed by atoms with Gasteiger partial charge in [0.15, 0.2) is 0 Å². The summed E-state index contributed by atoms with van der Waals surface area (Å²) in [6.07, 6.45) is 4.06. The summed E-state index contributed by atoms with van der Waals surface area (Å²) in [6, 6.07) is 14.7. The molecule has 3 heterocycles. The number of pyridine rings is 1. The summed E-state index contributed by atoms with van der Waals surface area (Å²) in [5, 5.41) is 9.25. The fraction of sp³-hybridized carbons (Fsp3) is 0.500. The fourth-order valence-corrected chi connectivity index (χ4v) is 5.29. The number of likely N-dealkylation sites (tertiary alicyclic amines) is 2. The lowest BCUT2D eigenvalue weighted by atomic mass is 9.77. The first-order chi connectivity index (χ1) is 14.1. The quantitative estimate of drug-likeness (QED) is 0.740. The van der Waals surface area contributed by atoms with E-state index in [-0.39, 0.29) is 11.8 Å². The van der Waals surface area contributed by atoms with Crippen LogP contribution in [-0.4, -0.2) is 58.6 Å². The molecule has 0 bridgehead atoms. The second-order valence-corrected chi connectivity index (χ2v) is 8.77. The van der Waals surface area contributed by atoms with Gasteiger partial charge in [-0.05, 0) is 43.0 Å². The minimum atomic E-state index is -0.671. The molecule has 5 nitrogen and oxygen atoms in total. The predicted molar refractivity (Wildman–Crippen MR) is 114 cm³/mol. The zero-order chi connectivity index (χ0) is 20.3. The van der Waals surface area contributed by atoms with E-state index in [1.807, 2.05) is 24.4 Å². The minimum absolute atomic E-state index is 0.140. The van der Waals surface area contributed by atoms with Gasteiger partial charge in [-0.3, -0.25) is 14.7 Å². The SMILES string of the molecule is CCCN1CC2CN(Cc3ccc(-c4ccccn4)cc3)CC2(CCC(=O)O)C1. The van der Waals surface area contributed by atoms with Crippen molar-refractivity contribution < 1.29 is 9.90 Å². The predicted octanol–water partition coefficient (Wildman–Crippen LogP) is 3.76. The number of nitrogens with zero attached hydrogens (tertiary/aromatic N) is 3. The number of aliphatic carboxylic acids is 1. The largest absolute Gasteiger partial charge is 0.481 e. The molecule has 2 aliphatic rings. The first-order valence-corrected chi connectivity index (χ1v) is 10.7. The third-order valence-electron chi connectivity index (χ3n) is 6.60. The zero-order valence-corrected chi connectivity index (χ0v) is 17.3. The van der Waals surface area contributed by atoms with E-state index in [2.05, 4.69) is 46.0 Å². The molecule has 29 heavy (non-hydrogen) atoms. The summed E-state index contributed by atoms with van der Waals surface area (Å²) in [5.41, 5.74) is 3.59. The second-order valence-electron chi connectivity index (χ2n) is 8.77. The molecule has 1 aromatic carbocycles. The average Bonchev–Trinajstić information content (AvgIpc) is 3.21. The Bertz CT molecular complexity index is 824. The summed E-state index contributed by atoms with van der Waals surface area (Å²) < 4.78 is 0. The molecule has 0 spiro atoms. The number of fused-ring (bicyclic) bond motifs is 1. The fourth-order valence-electron chi connectivity index (χ4n) is 5.29. The van der Waals surface area contributed by atoms with Crippen LogP contribution in [0.3, 0.4) is 0 Å². The molecule has 2 unspecified atom stereocenters. The monoisotopic (exact) mass is 393 g/mol. The van der Waals surface area contributed by atoms with Gasteiger partial charge in [0.05, 0.1) is 5.69 Å². The molecule has 2 saturated heterocycles. The van der Waals surface area contributed by atoms with E-state index < -0.39 is 5.97 Å². The van der Waals surface area contributed by atoms with E-state index in [0.717, 1.165) is 63.4 Å². The normalized spacial score (nSPS) is 24.7. The van der Waals surface area contributed by atoms with Crippen LogP contribution in [0, 0.1) is 11.3 Å². The smallest absolute Gasteiger partial charge is 0.303 e. The van der Waals surface area contributed by atoms with Crippen LogP contribution in [0.4, 0.5) is 0 Å². The van der Waals surface area contributed by atoms with Crippen LogP contribution in [-0.2, 0) is 11.3 Å². The zero-order valence-electron chi connectivity index (χ0n) is 17.3. The molecule has 4 rings (SSSR count). The molecule has 2 aliphatic heterocycles. The number of hydrogen-bond donors (Lipinski definition) is 1. The van der Waals surface area contributed by atoms with Crippen LogP contribution >= 0.6 is 0 Å². The molecule has 5 heteroatoms. The van der Waals surface area contributed by atoms with E-state index >= 15 is 0 Å². The molecule has 0 aliphatic carbocycles. The van der Waals surface area contributed by atoms with Crippen LogP contribution in [0.1, 0.15) is 31.7 Å². The molecular weight excluding hydrogens is 362 g/mol. The average molecular weight is 394 g/mol. The summed E-state index contributed by atoms with van der Waals surface area (Å²) in [7, 11) is 0. The van der Waals surface area contributed by atoms with Crippen molar-refractivity contribution in [3.8, 4) is 11.3 Å². The number of hydrogen-bond acceptors (Lipinski definition) is 4. The molecular formula is C24H31N3O2. The highest BCUT2D eigenvalue weighted by Crippen LogP contribution is 2.46. The van der Waals surface area contributed by atoms with Gasteiger partial charge in [-0.1, -0.05) is 37.3 Å². The van der Waals surface area contributed by atoms with Crippen LogP contribution in [0.15, 0.2) is 48.7 Å². The van der Waals surface area contributed by atoms with Crippen molar-refractivity contribution in [2.45, 2.75) is 32.7 Å². The van der Waals surface area contributed by atoms with Gasteiger partial charge in [0.2, 0.25) is 0 Å². The Balaban J connectivity index is 1.42. The van der Waals surface area contributed by atoms with E-state index in [9.17, 15) is 9.90 Å². The van der Waals surface area contributed by atoms with Crippen LogP contribution in [0.5, 0.6) is 0 Å². The van der Waals surface area contributed by atoms with E-state index in [1.54, 1.807) is 0 Å². The van der Waals surface area contributed by atoms with Crippen molar-refractivity contribution in [2.24, 2.45) is 11.3 Å². The molecule has 0 radical (unpaired) electrons. The first kappa shape index (κ1) is 20.0. The number of rotatable bonds is 8. The maximum absolute atomic E-state index is 11.2. The van der Waals surface area contributed by atoms with Crippen molar-refractivity contribution in [1.29, 1.82) is 0 Å². The van der Waals surface area contributed by atoms with Gasteiger partial charge < -0.3 is 10.0 Å². The lowest BCUT2D eigenvalue weighted by Crippen LogP contribution is -2.35. The summed E-state index contributed by atoms with van der Waals surface area (Å²) >= 11 is 0. The van der Waals surface area contributed by atoms with E-state index in [0.29, 0.717) is 5.92 Å². The van der Waals surface area contributed by atoms with Crippen molar-refractivity contribution in [1.82, 2.24) is 14.8 Å². The van der Waals surface area contributed by atoms with Gasteiger partial charge in [-0.15, -0.1) is 0 Å². The molecule has 154 valence electrons. The van der Waals surface area contributed by atoms with Crippen molar-refractivity contribution in [3.63, 3.8) is 0 Å². The maximum Gasteiger partial charge on any atom is 0.303 e. The van der Waals surface area contributed by atoms with Gasteiger partial charge >= 0.3 is 5.97 Å². The lowest BCUT2D eigenvalue weighted by Gasteiger charge is -2.29. The summed E-state index contributed by atoms with van der Waals surface area (Å²) in [5.74, 6) is -0.0863. The Hall–Kier alpha value is -2.24. The number of carboxylic acid groups (broad SMARTS) is 1. The Kier molecular flexibility index (Phi) is 5.97. The van der Waals surface area contributed by atoms with Gasteiger partial charge in [-0.2, -0.15) is 0 Å². The Morgan fingerprint density at radius 2 is 1.90 bits per heavy atom. The molecule has 0 amide bonds. The van der Waals surface area contributed by atoms with Gasteiger partial charge in [-0.25, -0.2) is 0 Å². The molecule has 0 saturated carbocycles. The summed E-state index contributed by atoms with van der Waals surface area (Å²) in [4.78, 5) is 20.7. The number of carbonyl (C=O) groups is 1. The van der Waals surface area contributed by atoms with E-state index in [1.165, 1.54) is 5.56 Å². The molecule has 2 fully saturated rings. The van der Waals surface area contributed by atoms with Crippen molar-refractivity contribution >= 4 is 5.97 Å². The first-order valence-electron chi connectivity index (χ1n) is 10.7. The van der Waals surface area contributed by atoms with Gasteiger partial charge in [0.1, 0.15) is 0 Å². The second kappa shape index (κ2) is 8.64. The molecule has 2 aromatic rings. The van der Waals surface area contributed by atoms with Crippen molar-refractivity contribution in [3.05, 3.63) is 54.2 Å². The molecule has 1 N–H and O–H groups in total.